The van der Waals surface area contributed by atoms with Gasteiger partial charge >= 0.3 is 0 Å². The van der Waals surface area contributed by atoms with E-state index >= 15 is 0 Å². The fraction of sp³-hybridized carbons (Fsp3) is 0.462. The number of carbonyl (C=O) groups is 1. The molecule has 0 fully saturated rings. The molecule has 94 valence electrons. The van der Waals surface area contributed by atoms with Crippen molar-refractivity contribution in [3.05, 3.63) is 35.1 Å². The van der Waals surface area contributed by atoms with Crippen LogP contribution in [0, 0.1) is 12.7 Å². The molecule has 17 heavy (non-hydrogen) atoms. The number of benzene rings is 1. The summed E-state index contributed by atoms with van der Waals surface area (Å²) in [6.45, 7) is 6.58. The number of primary amides is 1. The maximum Gasteiger partial charge on any atom is 0.231 e. The molecule has 0 saturated heterocycles. The highest BCUT2D eigenvalue weighted by Crippen LogP contribution is 2.24. The lowest BCUT2D eigenvalue weighted by molar-refractivity contribution is -0.117. The standard InChI is InChI=1S/C13H19FN2O/c1-9-6-10(4-5-11(9)14)13(2,3)8-16-7-12(15)17/h4-6,16H,7-8H2,1-3H3,(H2,15,17). The Bertz CT molecular complexity index is 416. The Hall–Kier alpha value is -1.42. The number of carbonyl (C=O) groups excluding carboxylic acids is 1. The average Bonchev–Trinajstić information content (AvgIpc) is 2.21. The third-order valence-electron chi connectivity index (χ3n) is 2.81. The first-order valence-electron chi connectivity index (χ1n) is 5.58. The molecule has 0 aliphatic rings. The summed E-state index contributed by atoms with van der Waals surface area (Å²) in [7, 11) is 0. The Balaban J connectivity index is 2.74. The Morgan fingerprint density at radius 1 is 1.47 bits per heavy atom. The molecule has 0 spiro atoms. The monoisotopic (exact) mass is 238 g/mol. The molecule has 0 bridgehead atoms. The SMILES string of the molecule is Cc1cc(C(C)(C)CNCC(N)=O)ccc1F. The molecule has 0 atom stereocenters. The summed E-state index contributed by atoms with van der Waals surface area (Å²) in [5.74, 6) is -0.578. The lowest BCUT2D eigenvalue weighted by Crippen LogP contribution is -2.37. The van der Waals surface area contributed by atoms with Crippen molar-refractivity contribution in [3.63, 3.8) is 0 Å². The summed E-state index contributed by atoms with van der Waals surface area (Å²) in [5, 5.41) is 2.99. The molecule has 0 unspecified atom stereocenters. The van der Waals surface area contributed by atoms with Gasteiger partial charge in [-0.15, -0.1) is 0 Å². The van der Waals surface area contributed by atoms with Crippen molar-refractivity contribution in [2.24, 2.45) is 5.73 Å². The van der Waals surface area contributed by atoms with E-state index in [1.165, 1.54) is 6.07 Å². The Kier molecular flexibility index (Phi) is 4.23. The Morgan fingerprint density at radius 3 is 2.65 bits per heavy atom. The summed E-state index contributed by atoms with van der Waals surface area (Å²) in [6.07, 6.45) is 0. The molecule has 4 heteroatoms. The molecule has 1 amide bonds. The Morgan fingerprint density at radius 2 is 2.12 bits per heavy atom. The van der Waals surface area contributed by atoms with Crippen molar-refractivity contribution in [2.45, 2.75) is 26.2 Å². The van der Waals surface area contributed by atoms with Crippen LogP contribution < -0.4 is 11.1 Å². The fourth-order valence-electron chi connectivity index (χ4n) is 1.67. The van der Waals surface area contributed by atoms with E-state index in [1.54, 1.807) is 13.0 Å². The predicted octanol–water partition coefficient (Wildman–Crippen LogP) is 1.49. The van der Waals surface area contributed by atoms with Gasteiger partial charge < -0.3 is 11.1 Å². The number of nitrogens with two attached hydrogens (primary N) is 1. The molecule has 0 aliphatic heterocycles. The van der Waals surface area contributed by atoms with Crippen molar-refractivity contribution in [1.82, 2.24) is 5.32 Å². The first-order chi connectivity index (χ1) is 7.83. The summed E-state index contributed by atoms with van der Waals surface area (Å²) in [5.41, 5.74) is 6.55. The van der Waals surface area contributed by atoms with Crippen molar-refractivity contribution >= 4 is 5.91 Å². The van der Waals surface area contributed by atoms with Crippen molar-refractivity contribution < 1.29 is 9.18 Å². The maximum absolute atomic E-state index is 13.2. The molecule has 0 radical (unpaired) electrons. The van der Waals surface area contributed by atoms with Gasteiger partial charge in [-0.2, -0.15) is 0 Å². The van der Waals surface area contributed by atoms with Gasteiger partial charge in [-0.05, 0) is 24.1 Å². The minimum absolute atomic E-state index is 0.156. The number of amides is 1. The van der Waals surface area contributed by atoms with Crippen LogP contribution in [0.25, 0.3) is 0 Å². The van der Waals surface area contributed by atoms with Gasteiger partial charge in [0.15, 0.2) is 0 Å². The van der Waals surface area contributed by atoms with Gasteiger partial charge in [0.25, 0.3) is 0 Å². The van der Waals surface area contributed by atoms with Crippen molar-refractivity contribution in [3.8, 4) is 0 Å². The van der Waals surface area contributed by atoms with Crippen LogP contribution in [0.15, 0.2) is 18.2 Å². The first-order valence-corrected chi connectivity index (χ1v) is 5.58. The smallest absolute Gasteiger partial charge is 0.231 e. The highest BCUT2D eigenvalue weighted by molar-refractivity contribution is 5.75. The van der Waals surface area contributed by atoms with Gasteiger partial charge in [0.05, 0.1) is 6.54 Å². The molecule has 1 aromatic rings. The van der Waals surface area contributed by atoms with Crippen molar-refractivity contribution in [2.75, 3.05) is 13.1 Å². The second-order valence-electron chi connectivity index (χ2n) is 4.92. The summed E-state index contributed by atoms with van der Waals surface area (Å²) in [6, 6.07) is 5.08. The van der Waals surface area contributed by atoms with E-state index in [0.717, 1.165) is 5.56 Å². The van der Waals surface area contributed by atoms with Crippen LogP contribution in [0.4, 0.5) is 4.39 Å². The second kappa shape index (κ2) is 5.27. The quantitative estimate of drug-likeness (QED) is 0.816. The lowest BCUT2D eigenvalue weighted by Gasteiger charge is -2.26. The third kappa shape index (κ3) is 3.82. The number of rotatable bonds is 5. The molecular weight excluding hydrogens is 219 g/mol. The molecule has 0 aromatic heterocycles. The van der Waals surface area contributed by atoms with Crippen LogP contribution in [0.2, 0.25) is 0 Å². The minimum Gasteiger partial charge on any atom is -0.369 e. The minimum atomic E-state index is -0.379. The first kappa shape index (κ1) is 13.6. The molecule has 0 heterocycles. The largest absolute Gasteiger partial charge is 0.369 e. The van der Waals surface area contributed by atoms with Gasteiger partial charge in [0, 0.05) is 12.0 Å². The zero-order chi connectivity index (χ0) is 13.1. The van der Waals surface area contributed by atoms with E-state index in [2.05, 4.69) is 5.32 Å². The number of hydrogen-bond acceptors (Lipinski definition) is 2. The van der Waals surface area contributed by atoms with Gasteiger partial charge in [0.1, 0.15) is 5.82 Å². The zero-order valence-electron chi connectivity index (χ0n) is 10.5. The van der Waals surface area contributed by atoms with Gasteiger partial charge in [0.2, 0.25) is 5.91 Å². The lowest BCUT2D eigenvalue weighted by atomic mass is 9.84. The number of halogens is 1. The fourth-order valence-corrected chi connectivity index (χ4v) is 1.67. The van der Waals surface area contributed by atoms with Gasteiger partial charge in [-0.25, -0.2) is 4.39 Å². The van der Waals surface area contributed by atoms with Gasteiger partial charge in [-0.3, -0.25) is 4.79 Å². The van der Waals surface area contributed by atoms with E-state index in [0.29, 0.717) is 12.1 Å². The molecular formula is C13H19FN2O. The van der Waals surface area contributed by atoms with E-state index in [-0.39, 0.29) is 23.7 Å². The second-order valence-corrected chi connectivity index (χ2v) is 4.92. The highest BCUT2D eigenvalue weighted by Gasteiger charge is 2.20. The molecule has 0 saturated carbocycles. The average molecular weight is 238 g/mol. The zero-order valence-corrected chi connectivity index (χ0v) is 10.5. The van der Waals surface area contributed by atoms with Gasteiger partial charge in [-0.1, -0.05) is 26.0 Å². The maximum atomic E-state index is 13.2. The number of aryl methyl sites for hydroxylation is 1. The number of hydrogen-bond donors (Lipinski definition) is 2. The van der Waals surface area contributed by atoms with E-state index in [9.17, 15) is 9.18 Å². The third-order valence-corrected chi connectivity index (χ3v) is 2.81. The molecule has 1 rings (SSSR count). The van der Waals surface area contributed by atoms with Crippen LogP contribution >= 0.6 is 0 Å². The normalized spacial score (nSPS) is 11.5. The summed E-state index contributed by atoms with van der Waals surface area (Å²) < 4.78 is 13.2. The highest BCUT2D eigenvalue weighted by atomic mass is 19.1. The Labute approximate surface area is 101 Å². The van der Waals surface area contributed by atoms with E-state index in [4.69, 9.17) is 5.73 Å². The molecule has 3 nitrogen and oxygen atoms in total. The van der Waals surface area contributed by atoms with Crippen LogP contribution in [-0.2, 0) is 10.2 Å². The predicted molar refractivity (Wildman–Crippen MR) is 66.2 cm³/mol. The summed E-state index contributed by atoms with van der Waals surface area (Å²) in [4.78, 5) is 10.6. The van der Waals surface area contributed by atoms with Crippen LogP contribution in [-0.4, -0.2) is 19.0 Å². The molecule has 1 aromatic carbocycles. The topological polar surface area (TPSA) is 55.1 Å². The van der Waals surface area contributed by atoms with Crippen molar-refractivity contribution in [1.29, 1.82) is 0 Å². The van der Waals surface area contributed by atoms with E-state index in [1.807, 2.05) is 19.9 Å². The van der Waals surface area contributed by atoms with Crippen LogP contribution in [0.1, 0.15) is 25.0 Å². The van der Waals surface area contributed by atoms with Crippen LogP contribution in [0.5, 0.6) is 0 Å². The molecule has 3 N–H and O–H groups in total. The van der Waals surface area contributed by atoms with E-state index < -0.39 is 0 Å². The van der Waals surface area contributed by atoms with Crippen LogP contribution in [0.3, 0.4) is 0 Å². The molecule has 0 aliphatic carbocycles. The summed E-state index contributed by atoms with van der Waals surface area (Å²) >= 11 is 0. The number of nitrogens with one attached hydrogen (secondary N) is 1.